The molecule has 20 heavy (non-hydrogen) atoms. The van der Waals surface area contributed by atoms with Crippen LogP contribution < -0.4 is 0 Å². The first kappa shape index (κ1) is 18.4. The Hall–Kier alpha value is 0.377. The van der Waals surface area contributed by atoms with Gasteiger partial charge in [-0.05, 0) is 37.4 Å². The molecule has 2 atom stereocenters. The number of hydrogen-bond acceptors (Lipinski definition) is 3. The maximum atomic E-state index is 11.6. The van der Waals surface area contributed by atoms with Gasteiger partial charge in [0.05, 0.1) is 0 Å². The summed E-state index contributed by atoms with van der Waals surface area (Å²) in [7, 11) is -1.69. The predicted octanol–water partition coefficient (Wildman–Crippen LogP) is 4.69. The SMILES string of the molecule is CC(C)(C)[Si](C)(C)OCC[C@@H]1C[C@@H](I)CCCC(=O)O1. The van der Waals surface area contributed by atoms with E-state index in [-0.39, 0.29) is 17.1 Å². The molecule has 5 heteroatoms. The van der Waals surface area contributed by atoms with Gasteiger partial charge in [-0.25, -0.2) is 0 Å². The maximum absolute atomic E-state index is 11.6. The second kappa shape index (κ2) is 7.58. The van der Waals surface area contributed by atoms with Crippen molar-refractivity contribution in [2.75, 3.05) is 6.61 Å². The third kappa shape index (κ3) is 6.01. The molecule has 1 saturated heterocycles. The van der Waals surface area contributed by atoms with Crippen molar-refractivity contribution < 1.29 is 14.0 Å². The van der Waals surface area contributed by atoms with Gasteiger partial charge in [0.2, 0.25) is 0 Å². The molecule has 0 aromatic carbocycles. The second-order valence-corrected chi connectivity index (χ2v) is 13.8. The molecular weight excluding hydrogens is 383 g/mol. The Morgan fingerprint density at radius 3 is 2.65 bits per heavy atom. The number of ether oxygens (including phenoxy) is 1. The van der Waals surface area contributed by atoms with Gasteiger partial charge in [-0.3, -0.25) is 4.79 Å². The third-order valence-electron chi connectivity index (χ3n) is 4.42. The molecule has 0 spiro atoms. The van der Waals surface area contributed by atoms with E-state index >= 15 is 0 Å². The summed E-state index contributed by atoms with van der Waals surface area (Å²) >= 11 is 2.48. The number of esters is 1. The largest absolute Gasteiger partial charge is 0.462 e. The molecule has 1 aliphatic heterocycles. The zero-order valence-corrected chi connectivity index (χ0v) is 16.7. The van der Waals surface area contributed by atoms with Crippen molar-refractivity contribution in [1.82, 2.24) is 0 Å². The number of cyclic esters (lactones) is 1. The molecular formula is C15H29IO3Si. The Kier molecular flexibility index (Phi) is 6.99. The van der Waals surface area contributed by atoms with Crippen LogP contribution in [0.5, 0.6) is 0 Å². The van der Waals surface area contributed by atoms with E-state index in [1.165, 1.54) is 0 Å². The summed E-state index contributed by atoms with van der Waals surface area (Å²) < 4.78 is 12.3. The topological polar surface area (TPSA) is 35.5 Å². The van der Waals surface area contributed by atoms with Crippen molar-refractivity contribution in [1.29, 1.82) is 0 Å². The van der Waals surface area contributed by atoms with Crippen LogP contribution in [-0.4, -0.2) is 30.9 Å². The lowest BCUT2D eigenvalue weighted by Gasteiger charge is -2.36. The summed E-state index contributed by atoms with van der Waals surface area (Å²) in [6.07, 6.45) is 4.48. The average Bonchev–Trinajstić information content (AvgIpc) is 2.24. The van der Waals surface area contributed by atoms with E-state index < -0.39 is 8.32 Å². The van der Waals surface area contributed by atoms with Crippen LogP contribution in [0.4, 0.5) is 0 Å². The molecule has 0 aliphatic carbocycles. The lowest BCUT2D eigenvalue weighted by atomic mass is 10.0. The summed E-state index contributed by atoms with van der Waals surface area (Å²) in [6, 6.07) is 0. The highest BCUT2D eigenvalue weighted by atomic mass is 127. The minimum Gasteiger partial charge on any atom is -0.462 e. The van der Waals surface area contributed by atoms with Crippen LogP contribution in [0.3, 0.4) is 0 Å². The van der Waals surface area contributed by atoms with Crippen LogP contribution in [0.1, 0.15) is 52.9 Å². The fourth-order valence-corrected chi connectivity index (χ4v) is 4.07. The zero-order valence-electron chi connectivity index (χ0n) is 13.5. The van der Waals surface area contributed by atoms with Crippen LogP contribution in [0.15, 0.2) is 0 Å². The van der Waals surface area contributed by atoms with E-state index in [0.717, 1.165) is 25.7 Å². The number of hydrogen-bond donors (Lipinski definition) is 0. The smallest absolute Gasteiger partial charge is 0.306 e. The van der Waals surface area contributed by atoms with Gasteiger partial charge in [0.1, 0.15) is 6.10 Å². The summed E-state index contributed by atoms with van der Waals surface area (Å²) in [4.78, 5) is 11.6. The van der Waals surface area contributed by atoms with Crippen LogP contribution in [0.2, 0.25) is 18.1 Å². The van der Waals surface area contributed by atoms with Crippen molar-refractivity contribution in [3.8, 4) is 0 Å². The molecule has 1 rings (SSSR count). The first-order valence-electron chi connectivity index (χ1n) is 7.59. The molecule has 0 aromatic rings. The monoisotopic (exact) mass is 412 g/mol. The molecule has 0 N–H and O–H groups in total. The number of carbonyl (C=O) groups excluding carboxylic acids is 1. The van der Waals surface area contributed by atoms with E-state index in [9.17, 15) is 4.79 Å². The highest BCUT2D eigenvalue weighted by molar-refractivity contribution is 14.1. The normalized spacial score (nSPS) is 25.8. The van der Waals surface area contributed by atoms with Gasteiger partial charge in [0, 0.05) is 23.4 Å². The Balaban J connectivity index is 2.44. The first-order chi connectivity index (χ1) is 9.12. The molecule has 3 nitrogen and oxygen atoms in total. The summed E-state index contributed by atoms with van der Waals surface area (Å²) in [6.45, 7) is 12.0. The van der Waals surface area contributed by atoms with Crippen LogP contribution in [-0.2, 0) is 14.0 Å². The molecule has 0 bridgehead atoms. The van der Waals surface area contributed by atoms with Gasteiger partial charge in [0.15, 0.2) is 8.32 Å². The second-order valence-electron chi connectivity index (χ2n) is 7.23. The van der Waals surface area contributed by atoms with Crippen molar-refractivity contribution in [2.24, 2.45) is 0 Å². The molecule has 1 heterocycles. The van der Waals surface area contributed by atoms with E-state index in [1.807, 2.05) is 0 Å². The van der Waals surface area contributed by atoms with Crippen molar-refractivity contribution >= 4 is 36.9 Å². The van der Waals surface area contributed by atoms with Crippen LogP contribution >= 0.6 is 22.6 Å². The van der Waals surface area contributed by atoms with Crippen molar-refractivity contribution in [2.45, 2.75) is 81.0 Å². The van der Waals surface area contributed by atoms with Gasteiger partial charge < -0.3 is 9.16 Å². The van der Waals surface area contributed by atoms with Crippen LogP contribution in [0, 0.1) is 0 Å². The van der Waals surface area contributed by atoms with Gasteiger partial charge in [0.25, 0.3) is 0 Å². The van der Waals surface area contributed by atoms with Crippen molar-refractivity contribution in [3.63, 3.8) is 0 Å². The van der Waals surface area contributed by atoms with Gasteiger partial charge in [-0.15, -0.1) is 0 Å². The number of halogens is 1. The standard InChI is InChI=1S/C15H29IO3Si/c1-15(2,3)20(4,5)18-10-9-13-11-12(16)7-6-8-14(17)19-13/h12-13H,6-11H2,1-5H3/t12-,13+/m0/s1. The third-order valence-corrected chi connectivity index (χ3v) is 10.1. The van der Waals surface area contributed by atoms with Gasteiger partial charge in [-0.1, -0.05) is 43.4 Å². The highest BCUT2D eigenvalue weighted by Gasteiger charge is 2.37. The Morgan fingerprint density at radius 2 is 2.05 bits per heavy atom. The Labute approximate surface area is 138 Å². The minimum absolute atomic E-state index is 0.0365. The van der Waals surface area contributed by atoms with E-state index in [2.05, 4.69) is 56.5 Å². The zero-order chi connectivity index (χ0) is 15.4. The van der Waals surface area contributed by atoms with E-state index in [1.54, 1.807) is 0 Å². The molecule has 0 radical (unpaired) electrons. The van der Waals surface area contributed by atoms with Crippen LogP contribution in [0.25, 0.3) is 0 Å². The van der Waals surface area contributed by atoms with Crippen molar-refractivity contribution in [3.05, 3.63) is 0 Å². The fraction of sp³-hybridized carbons (Fsp3) is 0.933. The van der Waals surface area contributed by atoms with E-state index in [0.29, 0.717) is 17.0 Å². The quantitative estimate of drug-likeness (QED) is 0.291. The number of rotatable bonds is 4. The fourth-order valence-electron chi connectivity index (χ4n) is 2.00. The number of alkyl halides is 1. The Morgan fingerprint density at radius 1 is 1.40 bits per heavy atom. The summed E-state index contributed by atoms with van der Waals surface area (Å²) in [5.74, 6) is -0.0365. The average molecular weight is 412 g/mol. The Bertz CT molecular complexity index is 326. The molecule has 118 valence electrons. The first-order valence-corrected chi connectivity index (χ1v) is 11.7. The summed E-state index contributed by atoms with van der Waals surface area (Å²) in [5, 5.41) is 0.233. The molecule has 0 amide bonds. The number of carbonyl (C=O) groups is 1. The minimum atomic E-state index is -1.69. The predicted molar refractivity (Wildman–Crippen MR) is 93.9 cm³/mol. The molecule has 1 fully saturated rings. The molecule has 0 unspecified atom stereocenters. The van der Waals surface area contributed by atoms with Gasteiger partial charge >= 0.3 is 5.97 Å². The lowest BCUT2D eigenvalue weighted by Crippen LogP contribution is -2.41. The highest BCUT2D eigenvalue weighted by Crippen LogP contribution is 2.36. The molecule has 0 saturated carbocycles. The molecule has 0 aromatic heterocycles. The maximum Gasteiger partial charge on any atom is 0.306 e. The summed E-state index contributed by atoms with van der Waals surface area (Å²) in [5.41, 5.74) is 0. The van der Waals surface area contributed by atoms with Gasteiger partial charge in [-0.2, -0.15) is 0 Å². The van der Waals surface area contributed by atoms with E-state index in [4.69, 9.17) is 9.16 Å². The lowest BCUT2D eigenvalue weighted by molar-refractivity contribution is -0.150. The molecule has 1 aliphatic rings.